The molecule has 2 aromatic rings. The lowest BCUT2D eigenvalue weighted by Crippen LogP contribution is -2.24. The zero-order chi connectivity index (χ0) is 19.3. The van der Waals surface area contributed by atoms with Crippen LogP contribution in [0.25, 0.3) is 0 Å². The summed E-state index contributed by atoms with van der Waals surface area (Å²) in [6.07, 6.45) is 0. The fraction of sp³-hybridized carbons (Fsp3) is 0.333. The molecule has 0 aromatic heterocycles. The molecule has 0 spiro atoms. The van der Waals surface area contributed by atoms with Gasteiger partial charge in [0.2, 0.25) is 10.0 Å². The maximum atomic E-state index is 13.6. The van der Waals surface area contributed by atoms with Gasteiger partial charge < -0.3 is 4.74 Å². The smallest absolute Gasteiger partial charge is 0.242 e. The second-order valence-electron chi connectivity index (χ2n) is 6.08. The van der Waals surface area contributed by atoms with Gasteiger partial charge in [-0.15, -0.1) is 0 Å². The molecule has 0 saturated carbocycles. The van der Waals surface area contributed by atoms with Crippen molar-refractivity contribution in [3.05, 3.63) is 59.7 Å². The summed E-state index contributed by atoms with van der Waals surface area (Å²) >= 11 is 0. The molecule has 0 saturated heterocycles. The predicted molar refractivity (Wildman–Crippen MR) is 95.5 cm³/mol. The van der Waals surface area contributed by atoms with Crippen molar-refractivity contribution in [1.29, 1.82) is 0 Å². The van der Waals surface area contributed by atoms with E-state index in [1.165, 1.54) is 38.4 Å². The van der Waals surface area contributed by atoms with Crippen LogP contribution in [-0.4, -0.2) is 51.9 Å². The van der Waals surface area contributed by atoms with E-state index in [1.807, 2.05) is 4.90 Å². The van der Waals surface area contributed by atoms with Gasteiger partial charge in [-0.25, -0.2) is 21.5 Å². The second kappa shape index (κ2) is 8.57. The Hall–Kier alpha value is -2.03. The van der Waals surface area contributed by atoms with Crippen molar-refractivity contribution in [2.24, 2.45) is 0 Å². The van der Waals surface area contributed by atoms with Crippen molar-refractivity contribution in [3.8, 4) is 5.75 Å². The zero-order valence-electron chi connectivity index (χ0n) is 14.9. The highest BCUT2D eigenvalue weighted by Gasteiger charge is 2.16. The molecule has 0 atom stereocenters. The first-order chi connectivity index (χ1) is 12.2. The topological polar surface area (TPSA) is 49.9 Å². The minimum atomic E-state index is -3.46. The fourth-order valence-electron chi connectivity index (χ4n) is 2.26. The molecular weight excluding hydrogens is 362 g/mol. The van der Waals surface area contributed by atoms with Gasteiger partial charge in [-0.1, -0.05) is 6.07 Å². The number of hydrogen-bond donors (Lipinski definition) is 0. The van der Waals surface area contributed by atoms with Crippen LogP contribution < -0.4 is 4.74 Å². The summed E-state index contributed by atoms with van der Waals surface area (Å²) in [6, 6.07) is 9.68. The molecule has 0 aliphatic heterocycles. The van der Waals surface area contributed by atoms with Gasteiger partial charge in [0.15, 0.2) is 0 Å². The molecule has 8 heteroatoms. The number of hydrogen-bond acceptors (Lipinski definition) is 4. The third-order valence-corrected chi connectivity index (χ3v) is 5.63. The maximum Gasteiger partial charge on any atom is 0.242 e. The van der Waals surface area contributed by atoms with Crippen LogP contribution in [0.3, 0.4) is 0 Å². The molecule has 0 radical (unpaired) electrons. The summed E-state index contributed by atoms with van der Waals surface area (Å²) in [5.41, 5.74) is 0.409. The summed E-state index contributed by atoms with van der Waals surface area (Å²) in [6.45, 7) is 1.20. The Morgan fingerprint density at radius 2 is 1.65 bits per heavy atom. The van der Waals surface area contributed by atoms with Gasteiger partial charge in [-0.2, -0.15) is 0 Å². The van der Waals surface area contributed by atoms with Gasteiger partial charge >= 0.3 is 0 Å². The van der Waals surface area contributed by atoms with E-state index in [-0.39, 0.29) is 4.90 Å². The van der Waals surface area contributed by atoms with Crippen LogP contribution in [0.5, 0.6) is 5.75 Å². The molecule has 0 unspecified atom stereocenters. The summed E-state index contributed by atoms with van der Waals surface area (Å²) in [4.78, 5) is 2.04. The molecule has 5 nitrogen and oxygen atoms in total. The monoisotopic (exact) mass is 384 g/mol. The Morgan fingerprint density at radius 3 is 2.23 bits per heavy atom. The highest BCUT2D eigenvalue weighted by Crippen LogP contribution is 2.18. The minimum absolute atomic E-state index is 0.193. The van der Waals surface area contributed by atoms with Crippen LogP contribution in [0.15, 0.2) is 47.4 Å². The first-order valence-electron chi connectivity index (χ1n) is 7.98. The van der Waals surface area contributed by atoms with E-state index in [9.17, 15) is 17.2 Å². The molecule has 26 heavy (non-hydrogen) atoms. The van der Waals surface area contributed by atoms with E-state index < -0.39 is 21.7 Å². The van der Waals surface area contributed by atoms with Gasteiger partial charge in [-0.3, -0.25) is 4.90 Å². The van der Waals surface area contributed by atoms with E-state index in [0.717, 1.165) is 10.4 Å². The molecule has 0 aliphatic carbocycles. The van der Waals surface area contributed by atoms with Crippen molar-refractivity contribution in [2.45, 2.75) is 11.4 Å². The maximum absolute atomic E-state index is 13.6. The van der Waals surface area contributed by atoms with Crippen LogP contribution in [0.2, 0.25) is 0 Å². The summed E-state index contributed by atoms with van der Waals surface area (Å²) in [5, 5.41) is 0. The Labute approximate surface area is 152 Å². The minimum Gasteiger partial charge on any atom is -0.492 e. The van der Waals surface area contributed by atoms with Gasteiger partial charge in [-0.05, 0) is 37.4 Å². The fourth-order valence-corrected chi connectivity index (χ4v) is 3.16. The predicted octanol–water partition coefficient (Wildman–Crippen LogP) is 2.73. The number of ether oxygens (including phenoxy) is 1. The van der Waals surface area contributed by atoms with E-state index in [0.29, 0.717) is 31.0 Å². The summed E-state index contributed by atoms with van der Waals surface area (Å²) in [7, 11) is 1.29. The van der Waals surface area contributed by atoms with Crippen LogP contribution in [0.1, 0.15) is 5.56 Å². The Morgan fingerprint density at radius 1 is 1.00 bits per heavy atom. The van der Waals surface area contributed by atoms with Crippen molar-refractivity contribution in [3.63, 3.8) is 0 Å². The molecule has 0 aliphatic rings. The van der Waals surface area contributed by atoms with Crippen LogP contribution in [0, 0.1) is 11.6 Å². The number of halogens is 2. The normalized spacial score (nSPS) is 12.0. The molecule has 142 valence electrons. The lowest BCUT2D eigenvalue weighted by molar-refractivity contribution is 0.231. The van der Waals surface area contributed by atoms with E-state index in [1.54, 1.807) is 19.2 Å². The quantitative estimate of drug-likeness (QED) is 0.702. The van der Waals surface area contributed by atoms with E-state index in [2.05, 4.69) is 0 Å². The number of likely N-dealkylation sites (N-methyl/N-ethyl adjacent to an activating group) is 1. The molecule has 2 rings (SSSR count). The largest absolute Gasteiger partial charge is 0.492 e. The number of sulfonamides is 1. The Balaban J connectivity index is 1.85. The van der Waals surface area contributed by atoms with E-state index >= 15 is 0 Å². The molecule has 2 aromatic carbocycles. The lowest BCUT2D eigenvalue weighted by atomic mass is 10.2. The van der Waals surface area contributed by atoms with E-state index in [4.69, 9.17) is 4.74 Å². The van der Waals surface area contributed by atoms with Gasteiger partial charge in [0.05, 0.1) is 4.90 Å². The number of nitrogens with zero attached hydrogens (tertiary/aromatic N) is 2. The van der Waals surface area contributed by atoms with Crippen molar-refractivity contribution in [2.75, 3.05) is 34.3 Å². The first kappa shape index (κ1) is 20.3. The van der Waals surface area contributed by atoms with Crippen molar-refractivity contribution in [1.82, 2.24) is 9.21 Å². The molecule has 0 heterocycles. The van der Waals surface area contributed by atoms with Crippen LogP contribution in [0.4, 0.5) is 8.78 Å². The van der Waals surface area contributed by atoms with Crippen LogP contribution >= 0.6 is 0 Å². The van der Waals surface area contributed by atoms with Crippen LogP contribution in [-0.2, 0) is 16.6 Å². The highest BCUT2D eigenvalue weighted by molar-refractivity contribution is 7.89. The summed E-state index contributed by atoms with van der Waals surface area (Å²) in [5.74, 6) is -0.628. The van der Waals surface area contributed by atoms with Gasteiger partial charge in [0.1, 0.15) is 24.0 Å². The average molecular weight is 384 g/mol. The van der Waals surface area contributed by atoms with Gasteiger partial charge in [0, 0.05) is 38.8 Å². The average Bonchev–Trinajstić information content (AvgIpc) is 2.58. The SMILES string of the molecule is CN(CCOc1ccc(S(=O)(=O)N(C)C)cc1)Cc1ccc(F)cc1F. The highest BCUT2D eigenvalue weighted by atomic mass is 32.2. The molecule has 0 amide bonds. The Bertz CT molecular complexity index is 840. The van der Waals surface area contributed by atoms with Gasteiger partial charge in [0.25, 0.3) is 0 Å². The third kappa shape index (κ3) is 5.23. The molecule has 0 fully saturated rings. The van der Waals surface area contributed by atoms with Crippen molar-refractivity contribution < 1.29 is 21.9 Å². The first-order valence-corrected chi connectivity index (χ1v) is 9.42. The number of benzene rings is 2. The second-order valence-corrected chi connectivity index (χ2v) is 8.23. The zero-order valence-corrected chi connectivity index (χ0v) is 15.8. The molecular formula is C18H22F2N2O3S. The standard InChI is InChI=1S/C18H22F2N2O3S/c1-21(2)26(23,24)17-8-6-16(7-9-17)25-11-10-22(3)13-14-4-5-15(19)12-18(14)20/h4-9,12H,10-11,13H2,1-3H3. The lowest BCUT2D eigenvalue weighted by Gasteiger charge is -2.17. The molecule has 0 bridgehead atoms. The van der Waals surface area contributed by atoms with Crippen molar-refractivity contribution >= 4 is 10.0 Å². The Kier molecular flexibility index (Phi) is 6.69. The summed E-state index contributed by atoms with van der Waals surface area (Å²) < 4.78 is 57.3. The molecule has 0 N–H and O–H groups in total. The third-order valence-electron chi connectivity index (χ3n) is 3.80. The number of rotatable bonds is 8.